The highest BCUT2D eigenvalue weighted by molar-refractivity contribution is 5.98. The third-order valence-electron chi connectivity index (χ3n) is 8.58. The largest absolute Gasteiger partial charge is 0.354 e. The van der Waals surface area contributed by atoms with E-state index in [4.69, 9.17) is 24.9 Å². The van der Waals surface area contributed by atoms with E-state index in [9.17, 15) is 0 Å². The van der Waals surface area contributed by atoms with Gasteiger partial charge in [-0.3, -0.25) is 15.0 Å². The van der Waals surface area contributed by atoms with Gasteiger partial charge in [0.2, 0.25) is 0 Å². The van der Waals surface area contributed by atoms with Crippen LogP contribution in [0.1, 0.15) is 22.8 Å². The van der Waals surface area contributed by atoms with Crippen LogP contribution in [-0.4, -0.2) is 34.9 Å². The second-order valence-corrected chi connectivity index (χ2v) is 11.5. The molecule has 7 aromatic rings. The molecule has 8 bridgehead atoms. The van der Waals surface area contributed by atoms with Crippen molar-refractivity contribution in [3.05, 3.63) is 151 Å². The van der Waals surface area contributed by atoms with Crippen molar-refractivity contribution in [2.24, 2.45) is 0 Å². The molecular weight excluding hydrogens is 591 g/mol. The van der Waals surface area contributed by atoms with E-state index in [1.165, 1.54) is 0 Å². The van der Waals surface area contributed by atoms with Crippen LogP contribution in [0.4, 0.5) is 0 Å². The number of nitrogens with zero attached hydrogens (tertiary/aromatic N) is 5. The summed E-state index contributed by atoms with van der Waals surface area (Å²) in [5.74, 6) is 0. The van der Waals surface area contributed by atoms with Gasteiger partial charge in [-0.15, -0.1) is 0 Å². The summed E-state index contributed by atoms with van der Waals surface area (Å²) in [6.07, 6.45) is 13.7. The Balaban J connectivity index is 1.49. The number of hydrogen-bond acceptors (Lipinski definition) is 5. The maximum atomic E-state index is 5.28. The predicted molar refractivity (Wildman–Crippen MR) is 194 cm³/mol. The molecule has 0 saturated heterocycles. The van der Waals surface area contributed by atoms with Gasteiger partial charge < -0.3 is 9.97 Å². The summed E-state index contributed by atoms with van der Waals surface area (Å²) < 4.78 is 0. The van der Waals surface area contributed by atoms with Gasteiger partial charge in [0, 0.05) is 46.4 Å². The summed E-state index contributed by atoms with van der Waals surface area (Å²) in [7, 11) is 0. The molecule has 2 aliphatic rings. The van der Waals surface area contributed by atoms with Gasteiger partial charge in [0.05, 0.1) is 56.4 Å². The van der Waals surface area contributed by atoms with E-state index in [2.05, 4.69) is 82.8 Å². The molecular formula is C41H27N7. The molecule has 0 atom stereocenters. The normalized spacial score (nSPS) is 12.0. The van der Waals surface area contributed by atoms with Gasteiger partial charge in [-0.05, 0) is 90.5 Å². The van der Waals surface area contributed by atoms with Crippen molar-refractivity contribution in [3.8, 4) is 44.9 Å². The molecule has 7 nitrogen and oxygen atoms in total. The topological polar surface area (TPSA) is 96.0 Å². The minimum Gasteiger partial charge on any atom is -0.354 e. The Kier molecular flexibility index (Phi) is 6.64. The van der Waals surface area contributed by atoms with Crippen molar-refractivity contribution < 1.29 is 0 Å². The van der Waals surface area contributed by atoms with Crippen LogP contribution in [0.25, 0.3) is 91.3 Å². The molecule has 0 radical (unpaired) electrons. The molecule has 7 heteroatoms. The number of pyridine rings is 3. The lowest BCUT2D eigenvalue weighted by Crippen LogP contribution is -1.91. The summed E-state index contributed by atoms with van der Waals surface area (Å²) in [6.45, 7) is 0. The van der Waals surface area contributed by atoms with Crippen LogP contribution in [0, 0.1) is 0 Å². The van der Waals surface area contributed by atoms with E-state index in [0.29, 0.717) is 0 Å². The van der Waals surface area contributed by atoms with E-state index in [1.807, 2.05) is 79.3 Å². The van der Waals surface area contributed by atoms with Gasteiger partial charge in [-0.1, -0.05) is 48.5 Å². The quantitative estimate of drug-likeness (QED) is 0.205. The molecule has 0 saturated carbocycles. The standard InChI is InChI=1S/C41H27N7/c1-2-10-26(11-3-1)38-30-15-17-32(45-30)39(27-12-4-7-23-42-27)34-19-21-36(47-34)41(29-14-6-9-25-44-29)37-22-20-35(48-37)40(28-13-5-8-24-43-28)33-18-16-31(38)46-33/h1-25,45,48H. The predicted octanol–water partition coefficient (Wildman–Crippen LogP) is 9.51. The third kappa shape index (κ3) is 4.82. The van der Waals surface area contributed by atoms with Crippen LogP contribution in [-0.2, 0) is 0 Å². The molecule has 6 aromatic heterocycles. The van der Waals surface area contributed by atoms with Gasteiger partial charge in [0.25, 0.3) is 0 Å². The Labute approximate surface area is 276 Å². The number of benzene rings is 1. The monoisotopic (exact) mass is 617 g/mol. The lowest BCUT2D eigenvalue weighted by Gasteiger charge is -2.06. The number of rotatable bonds is 4. The molecule has 48 heavy (non-hydrogen) atoms. The van der Waals surface area contributed by atoms with Crippen molar-refractivity contribution in [2.45, 2.75) is 0 Å². The van der Waals surface area contributed by atoms with E-state index in [1.54, 1.807) is 0 Å². The molecule has 0 unspecified atom stereocenters. The first-order valence-electron chi connectivity index (χ1n) is 15.8. The Hall–Kier alpha value is -6.73. The summed E-state index contributed by atoms with van der Waals surface area (Å²) in [6, 6.07) is 36.6. The van der Waals surface area contributed by atoms with Crippen LogP contribution in [0.15, 0.2) is 128 Å². The molecule has 1 aromatic carbocycles. The summed E-state index contributed by atoms with van der Waals surface area (Å²) in [5, 5.41) is 0. The third-order valence-corrected chi connectivity index (χ3v) is 8.58. The van der Waals surface area contributed by atoms with Crippen LogP contribution < -0.4 is 0 Å². The zero-order valence-corrected chi connectivity index (χ0v) is 25.7. The lowest BCUT2D eigenvalue weighted by molar-refractivity contribution is 1.26. The second-order valence-electron chi connectivity index (χ2n) is 11.5. The average Bonchev–Trinajstić information content (AvgIpc) is 3.98. The van der Waals surface area contributed by atoms with Crippen LogP contribution in [0.2, 0.25) is 0 Å². The number of aromatic nitrogens is 7. The molecule has 0 fully saturated rings. The Morgan fingerprint density at radius 3 is 1.06 bits per heavy atom. The molecule has 2 aliphatic heterocycles. The Morgan fingerprint density at radius 1 is 0.333 bits per heavy atom. The molecule has 0 amide bonds. The smallest absolute Gasteiger partial charge is 0.0753 e. The van der Waals surface area contributed by atoms with Gasteiger partial charge in [-0.25, -0.2) is 9.97 Å². The van der Waals surface area contributed by atoms with Crippen molar-refractivity contribution in [2.75, 3.05) is 0 Å². The summed E-state index contributed by atoms with van der Waals surface area (Å²) >= 11 is 0. The number of aromatic amines is 2. The van der Waals surface area contributed by atoms with E-state index >= 15 is 0 Å². The van der Waals surface area contributed by atoms with E-state index < -0.39 is 0 Å². The SMILES string of the molecule is C1=Cc2nc1c(-c1ccccc1)c1ccc([nH]1)c(-c1ccccn1)c1nc(c(-c3ccccn3)c3ccc([nH]3)c2-c2ccccn2)C=C1. The number of hydrogen-bond donors (Lipinski definition) is 2. The molecule has 9 rings (SSSR count). The van der Waals surface area contributed by atoms with Gasteiger partial charge >= 0.3 is 0 Å². The highest BCUT2D eigenvalue weighted by atomic mass is 14.8. The summed E-state index contributed by atoms with van der Waals surface area (Å²) in [4.78, 5) is 32.3. The fraction of sp³-hybridized carbons (Fsp3) is 0. The number of nitrogens with one attached hydrogen (secondary N) is 2. The van der Waals surface area contributed by atoms with Crippen molar-refractivity contribution in [1.29, 1.82) is 0 Å². The van der Waals surface area contributed by atoms with Crippen LogP contribution in [0.5, 0.6) is 0 Å². The highest BCUT2D eigenvalue weighted by Gasteiger charge is 2.19. The maximum absolute atomic E-state index is 5.28. The van der Waals surface area contributed by atoms with Crippen molar-refractivity contribution in [1.82, 2.24) is 34.9 Å². The molecule has 0 spiro atoms. The van der Waals surface area contributed by atoms with Crippen molar-refractivity contribution in [3.63, 3.8) is 0 Å². The van der Waals surface area contributed by atoms with E-state index in [-0.39, 0.29) is 0 Å². The average molecular weight is 618 g/mol. The molecule has 2 N–H and O–H groups in total. The second kappa shape index (κ2) is 11.6. The van der Waals surface area contributed by atoms with Gasteiger partial charge in [-0.2, -0.15) is 0 Å². The first-order chi connectivity index (χ1) is 23.8. The van der Waals surface area contributed by atoms with Crippen molar-refractivity contribution >= 4 is 46.4 Å². The number of H-pyrrole nitrogens is 2. The zero-order valence-electron chi connectivity index (χ0n) is 25.7. The molecule has 8 heterocycles. The van der Waals surface area contributed by atoms with E-state index in [0.717, 1.165) is 89.7 Å². The fourth-order valence-electron chi connectivity index (χ4n) is 6.45. The fourth-order valence-corrected chi connectivity index (χ4v) is 6.45. The maximum Gasteiger partial charge on any atom is 0.0753 e. The lowest BCUT2D eigenvalue weighted by atomic mass is 10.0. The van der Waals surface area contributed by atoms with Crippen LogP contribution in [0.3, 0.4) is 0 Å². The number of fused-ring (bicyclic) bond motifs is 8. The molecule has 0 aliphatic carbocycles. The minimum absolute atomic E-state index is 0.800. The zero-order chi connectivity index (χ0) is 31.9. The first-order valence-corrected chi connectivity index (χ1v) is 15.8. The highest BCUT2D eigenvalue weighted by Crippen LogP contribution is 2.37. The Bertz CT molecular complexity index is 2180. The Morgan fingerprint density at radius 2 is 0.688 bits per heavy atom. The van der Waals surface area contributed by atoms with Gasteiger partial charge in [0.1, 0.15) is 0 Å². The summed E-state index contributed by atoms with van der Waals surface area (Å²) in [5.41, 5.74) is 14.1. The van der Waals surface area contributed by atoms with Crippen LogP contribution >= 0.6 is 0 Å². The van der Waals surface area contributed by atoms with Gasteiger partial charge in [0.15, 0.2) is 0 Å². The first kappa shape index (κ1) is 27.6. The molecule has 226 valence electrons. The minimum atomic E-state index is 0.800.